The maximum atomic E-state index is 13.6. The molecule has 0 aliphatic carbocycles. The number of rotatable bonds is 13. The van der Waals surface area contributed by atoms with E-state index in [1.165, 1.54) is 12.1 Å². The Balaban J connectivity index is 1.69. The molecule has 0 unspecified atom stereocenters. The van der Waals surface area contributed by atoms with Crippen LogP contribution < -0.4 is 4.74 Å². The van der Waals surface area contributed by atoms with E-state index in [-0.39, 0.29) is 11.9 Å². The minimum atomic E-state index is -0.472. The largest absolute Gasteiger partial charge is 0.439 e. The van der Waals surface area contributed by atoms with Crippen LogP contribution in [0, 0.1) is 5.82 Å². The molecule has 7 heteroatoms. The Morgan fingerprint density at radius 1 is 1.25 bits per heavy atom. The van der Waals surface area contributed by atoms with Gasteiger partial charge in [0.15, 0.2) is 0 Å². The molecule has 4 rings (SSSR count). The van der Waals surface area contributed by atoms with Gasteiger partial charge in [0.1, 0.15) is 11.6 Å². The number of allylic oxidation sites excluding steroid dienone is 1. The number of aryl methyl sites for hydroxylation is 1. The van der Waals surface area contributed by atoms with Gasteiger partial charge in [-0.15, -0.1) is 6.58 Å². The van der Waals surface area contributed by atoms with E-state index in [0.717, 1.165) is 55.8 Å². The van der Waals surface area contributed by atoms with Gasteiger partial charge < -0.3 is 14.6 Å². The van der Waals surface area contributed by atoms with Crippen LogP contribution in [0.5, 0.6) is 11.6 Å². The van der Waals surface area contributed by atoms with Gasteiger partial charge in [-0.05, 0) is 68.5 Å². The number of aliphatic hydroxyl groups excluding tert-OH is 1. The van der Waals surface area contributed by atoms with E-state index >= 15 is 0 Å². The molecule has 0 amide bonds. The molecular weight excluding hydrogens is 457 g/mol. The number of aromatic nitrogens is 2. The van der Waals surface area contributed by atoms with Crippen LogP contribution in [0.2, 0.25) is 0 Å². The molecule has 1 N–H and O–H groups in total. The maximum Gasteiger partial charge on any atom is 0.227 e. The molecule has 1 fully saturated rings. The molecule has 0 bridgehead atoms. The Bertz CT molecular complexity index is 1090. The fourth-order valence-corrected chi connectivity index (χ4v) is 4.59. The molecule has 36 heavy (non-hydrogen) atoms. The van der Waals surface area contributed by atoms with Crippen LogP contribution in [-0.4, -0.2) is 51.7 Å². The van der Waals surface area contributed by atoms with E-state index in [2.05, 4.69) is 18.4 Å². The number of aliphatic hydroxyl groups is 1. The fraction of sp³-hybridized carbons (Fsp3) is 0.414. The highest BCUT2D eigenvalue weighted by atomic mass is 19.1. The van der Waals surface area contributed by atoms with E-state index in [4.69, 9.17) is 14.6 Å². The van der Waals surface area contributed by atoms with E-state index in [1.807, 2.05) is 41.1 Å². The highest BCUT2D eigenvalue weighted by Gasteiger charge is 2.26. The van der Waals surface area contributed by atoms with Gasteiger partial charge in [-0.2, -0.15) is 5.10 Å². The minimum Gasteiger partial charge on any atom is -0.439 e. The lowest BCUT2D eigenvalue weighted by Gasteiger charge is -2.27. The number of ether oxygens (including phenoxy) is 2. The maximum absolute atomic E-state index is 13.6. The van der Waals surface area contributed by atoms with Crippen molar-refractivity contribution in [3.05, 3.63) is 84.3 Å². The second-order valence-electron chi connectivity index (χ2n) is 9.24. The average Bonchev–Trinajstić information content (AvgIpc) is 3.52. The number of nitrogens with zero attached hydrogens (tertiary/aromatic N) is 3. The van der Waals surface area contributed by atoms with Gasteiger partial charge in [0, 0.05) is 26.2 Å². The first kappa shape index (κ1) is 26.1. The molecular formula is C29H36FN3O3. The summed E-state index contributed by atoms with van der Waals surface area (Å²) in [6.45, 7) is 8.43. The fourth-order valence-electron chi connectivity index (χ4n) is 4.59. The zero-order valence-electron chi connectivity index (χ0n) is 21.0. The van der Waals surface area contributed by atoms with Crippen LogP contribution in [0.3, 0.4) is 0 Å². The zero-order chi connectivity index (χ0) is 25.3. The first-order valence-electron chi connectivity index (χ1n) is 12.8. The summed E-state index contributed by atoms with van der Waals surface area (Å²) in [7, 11) is 0. The van der Waals surface area contributed by atoms with Crippen molar-refractivity contribution in [1.82, 2.24) is 14.7 Å². The zero-order valence-corrected chi connectivity index (χ0v) is 21.0. The van der Waals surface area contributed by atoms with Crippen molar-refractivity contribution in [3.8, 4) is 17.3 Å². The number of benzene rings is 2. The number of hydrogen-bond acceptors (Lipinski definition) is 5. The summed E-state index contributed by atoms with van der Waals surface area (Å²) in [5.74, 6) is 0.821. The van der Waals surface area contributed by atoms with Crippen LogP contribution in [0.15, 0.2) is 67.3 Å². The lowest BCUT2D eigenvalue weighted by atomic mass is 10.1. The second-order valence-corrected chi connectivity index (χ2v) is 9.24. The molecule has 2 aromatic carbocycles. The summed E-state index contributed by atoms with van der Waals surface area (Å²) < 4.78 is 27.7. The van der Waals surface area contributed by atoms with Gasteiger partial charge in [-0.3, -0.25) is 4.90 Å². The highest BCUT2D eigenvalue weighted by Crippen LogP contribution is 2.33. The van der Waals surface area contributed by atoms with Crippen molar-refractivity contribution >= 4 is 0 Å². The van der Waals surface area contributed by atoms with Crippen LogP contribution in [0.4, 0.5) is 4.39 Å². The third-order valence-corrected chi connectivity index (χ3v) is 6.42. The van der Waals surface area contributed by atoms with Gasteiger partial charge in [-0.1, -0.05) is 31.2 Å². The number of para-hydroxylation sites is 1. The summed E-state index contributed by atoms with van der Waals surface area (Å²) in [6, 6.07) is 15.9. The van der Waals surface area contributed by atoms with Crippen LogP contribution >= 0.6 is 0 Å². The SMILES string of the molecule is C=CCC[C@H](O)CN(Cc1c(CC)nn(-c2ccccc2)c1Oc1ccc(F)cc1)C[C@H]1CCCO1. The monoisotopic (exact) mass is 493 g/mol. The highest BCUT2D eigenvalue weighted by molar-refractivity contribution is 5.43. The Labute approximate surface area is 213 Å². The summed E-state index contributed by atoms with van der Waals surface area (Å²) in [6.07, 6.45) is 5.73. The topological polar surface area (TPSA) is 59.8 Å². The van der Waals surface area contributed by atoms with Crippen molar-refractivity contribution < 1.29 is 19.0 Å². The Morgan fingerprint density at radius 3 is 2.69 bits per heavy atom. The summed E-state index contributed by atoms with van der Waals surface area (Å²) in [5, 5.41) is 15.6. The first-order valence-corrected chi connectivity index (χ1v) is 12.8. The van der Waals surface area contributed by atoms with Crippen molar-refractivity contribution in [2.24, 2.45) is 0 Å². The predicted octanol–water partition coefficient (Wildman–Crippen LogP) is 5.67. The molecule has 3 aromatic rings. The minimum absolute atomic E-state index is 0.146. The van der Waals surface area contributed by atoms with Crippen molar-refractivity contribution in [2.45, 2.75) is 57.8 Å². The Hall–Kier alpha value is -3.00. The Kier molecular flexibility index (Phi) is 9.28. The number of halogens is 1. The van der Waals surface area contributed by atoms with E-state index in [1.54, 1.807) is 12.1 Å². The third-order valence-electron chi connectivity index (χ3n) is 6.42. The van der Waals surface area contributed by atoms with Gasteiger partial charge in [0.25, 0.3) is 0 Å². The van der Waals surface area contributed by atoms with E-state index in [0.29, 0.717) is 31.1 Å². The van der Waals surface area contributed by atoms with Gasteiger partial charge in [-0.25, -0.2) is 9.07 Å². The van der Waals surface area contributed by atoms with Crippen LogP contribution in [0.25, 0.3) is 5.69 Å². The molecule has 0 spiro atoms. The standard InChI is InChI=1S/C29H36FN3O3/c1-3-5-12-24(34)19-32(20-26-13-9-18-35-26)21-27-28(4-2)31-33(23-10-7-6-8-11-23)29(27)36-25-16-14-22(30)15-17-25/h3,6-8,10-11,14-17,24,26,34H,1,4-5,9,12-13,18-21H2,2H3/t24-,26+/m0/s1. The molecule has 2 heterocycles. The second kappa shape index (κ2) is 12.8. The first-order chi connectivity index (χ1) is 17.6. The molecule has 6 nitrogen and oxygen atoms in total. The average molecular weight is 494 g/mol. The van der Waals surface area contributed by atoms with Crippen LogP contribution in [0.1, 0.15) is 43.9 Å². The van der Waals surface area contributed by atoms with Crippen molar-refractivity contribution in [3.63, 3.8) is 0 Å². The molecule has 0 saturated carbocycles. The summed E-state index contributed by atoms with van der Waals surface area (Å²) >= 11 is 0. The van der Waals surface area contributed by atoms with Gasteiger partial charge >= 0.3 is 0 Å². The molecule has 1 aromatic heterocycles. The molecule has 0 radical (unpaired) electrons. The molecule has 1 saturated heterocycles. The van der Waals surface area contributed by atoms with Crippen molar-refractivity contribution in [2.75, 3.05) is 19.7 Å². The van der Waals surface area contributed by atoms with Crippen LogP contribution in [-0.2, 0) is 17.7 Å². The van der Waals surface area contributed by atoms with E-state index in [9.17, 15) is 9.50 Å². The van der Waals surface area contributed by atoms with E-state index < -0.39 is 6.10 Å². The summed E-state index contributed by atoms with van der Waals surface area (Å²) in [4.78, 5) is 2.24. The smallest absolute Gasteiger partial charge is 0.227 e. The third kappa shape index (κ3) is 6.81. The lowest BCUT2D eigenvalue weighted by molar-refractivity contribution is 0.0441. The quantitative estimate of drug-likeness (QED) is 0.311. The molecule has 2 atom stereocenters. The predicted molar refractivity (Wildman–Crippen MR) is 139 cm³/mol. The number of hydrogen-bond donors (Lipinski definition) is 1. The Morgan fingerprint density at radius 2 is 2.03 bits per heavy atom. The van der Waals surface area contributed by atoms with Gasteiger partial charge in [0.05, 0.1) is 29.2 Å². The molecule has 1 aliphatic heterocycles. The van der Waals surface area contributed by atoms with Crippen molar-refractivity contribution in [1.29, 1.82) is 0 Å². The van der Waals surface area contributed by atoms with Gasteiger partial charge in [0.2, 0.25) is 5.88 Å². The lowest BCUT2D eigenvalue weighted by Crippen LogP contribution is -2.37. The normalized spacial score (nSPS) is 16.4. The molecule has 192 valence electrons. The molecule has 1 aliphatic rings. The summed E-state index contributed by atoms with van der Waals surface area (Å²) in [5.41, 5.74) is 2.76.